The van der Waals surface area contributed by atoms with Crippen LogP contribution in [0.2, 0.25) is 0 Å². The van der Waals surface area contributed by atoms with Gasteiger partial charge in [-0.25, -0.2) is 0 Å². The zero-order valence-electron chi connectivity index (χ0n) is 12.4. The van der Waals surface area contributed by atoms with Gasteiger partial charge in [-0.15, -0.1) is 0 Å². The fraction of sp³-hybridized carbons (Fsp3) is 0.625. The number of nitrogens with zero attached hydrogens (tertiary/aromatic N) is 1. The van der Waals surface area contributed by atoms with Crippen molar-refractivity contribution in [2.45, 2.75) is 37.1 Å². The third-order valence-corrected chi connectivity index (χ3v) is 4.29. The zero-order chi connectivity index (χ0) is 13.9. The third-order valence-electron chi connectivity index (χ3n) is 4.29. The smallest absolute Gasteiger partial charge is 0.119 e. The minimum atomic E-state index is 0.230. The Hall–Kier alpha value is -1.06. The summed E-state index contributed by atoms with van der Waals surface area (Å²) in [4.78, 5) is 2.29. The summed E-state index contributed by atoms with van der Waals surface area (Å²) in [5.74, 6) is 0.950. The zero-order valence-corrected chi connectivity index (χ0v) is 12.4. The molecule has 1 saturated carbocycles. The molecule has 2 rings (SSSR count). The number of hydrogen-bond acceptors (Lipinski definition) is 3. The Morgan fingerprint density at radius 3 is 2.58 bits per heavy atom. The molecule has 1 aliphatic rings. The maximum absolute atomic E-state index is 6.08. The van der Waals surface area contributed by atoms with Crippen molar-refractivity contribution in [3.63, 3.8) is 0 Å². The first-order chi connectivity index (χ1) is 9.05. The van der Waals surface area contributed by atoms with Crippen molar-refractivity contribution in [1.82, 2.24) is 4.90 Å². The molecule has 0 aliphatic heterocycles. The van der Waals surface area contributed by atoms with Crippen LogP contribution in [0.4, 0.5) is 0 Å². The predicted octanol–water partition coefficient (Wildman–Crippen LogP) is 2.40. The van der Waals surface area contributed by atoms with E-state index >= 15 is 0 Å². The van der Waals surface area contributed by atoms with Gasteiger partial charge in [-0.05, 0) is 57.5 Å². The lowest BCUT2D eigenvalue weighted by Gasteiger charge is -2.41. The van der Waals surface area contributed by atoms with Gasteiger partial charge in [0.1, 0.15) is 5.75 Å². The Balaban J connectivity index is 2.30. The first-order valence-electron chi connectivity index (χ1n) is 7.10. The summed E-state index contributed by atoms with van der Waals surface area (Å²) >= 11 is 0. The summed E-state index contributed by atoms with van der Waals surface area (Å²) in [6.07, 6.45) is 4.56. The van der Waals surface area contributed by atoms with Crippen molar-refractivity contribution in [1.29, 1.82) is 0 Å². The second kappa shape index (κ2) is 5.93. The number of likely N-dealkylation sites (N-methyl/N-ethyl adjacent to an activating group) is 1. The van der Waals surface area contributed by atoms with Gasteiger partial charge in [0.2, 0.25) is 0 Å². The van der Waals surface area contributed by atoms with E-state index in [1.54, 1.807) is 7.11 Å². The lowest BCUT2D eigenvalue weighted by atomic mass is 9.68. The molecule has 0 spiro atoms. The Labute approximate surface area is 116 Å². The molecule has 0 saturated heterocycles. The van der Waals surface area contributed by atoms with Gasteiger partial charge >= 0.3 is 0 Å². The minimum absolute atomic E-state index is 0.230. The van der Waals surface area contributed by atoms with Crippen LogP contribution in [0, 0.1) is 0 Å². The number of rotatable bonds is 4. The number of ether oxygens (including phenoxy) is 1. The van der Waals surface area contributed by atoms with Crippen LogP contribution >= 0.6 is 0 Å². The standard InChI is InChI=1S/C16H26N2O/c1-18(2)12-16(9-7-14(17)8-10-16)13-5-4-6-15(11-13)19-3/h4-6,11,14H,7-10,12,17H2,1-3H3. The van der Waals surface area contributed by atoms with Crippen LogP contribution in [0.5, 0.6) is 5.75 Å². The lowest BCUT2D eigenvalue weighted by molar-refractivity contribution is 0.204. The predicted molar refractivity (Wildman–Crippen MR) is 79.7 cm³/mol. The second-order valence-corrected chi connectivity index (χ2v) is 6.09. The van der Waals surface area contributed by atoms with Crippen LogP contribution in [-0.4, -0.2) is 38.7 Å². The van der Waals surface area contributed by atoms with E-state index in [9.17, 15) is 0 Å². The highest BCUT2D eigenvalue weighted by Crippen LogP contribution is 2.40. The number of methoxy groups -OCH3 is 1. The van der Waals surface area contributed by atoms with E-state index in [1.165, 1.54) is 18.4 Å². The van der Waals surface area contributed by atoms with Crippen LogP contribution in [0.15, 0.2) is 24.3 Å². The molecule has 0 atom stereocenters. The minimum Gasteiger partial charge on any atom is -0.497 e. The van der Waals surface area contributed by atoms with E-state index in [-0.39, 0.29) is 5.41 Å². The van der Waals surface area contributed by atoms with Gasteiger partial charge < -0.3 is 15.4 Å². The van der Waals surface area contributed by atoms with Crippen molar-refractivity contribution < 1.29 is 4.74 Å². The Morgan fingerprint density at radius 2 is 2.00 bits per heavy atom. The summed E-state index contributed by atoms with van der Waals surface area (Å²) in [5.41, 5.74) is 7.71. The molecule has 2 N–H and O–H groups in total. The van der Waals surface area contributed by atoms with E-state index in [2.05, 4.69) is 37.2 Å². The number of nitrogens with two attached hydrogens (primary N) is 1. The van der Waals surface area contributed by atoms with Crippen molar-refractivity contribution >= 4 is 0 Å². The summed E-state index contributed by atoms with van der Waals surface area (Å²) in [6.45, 7) is 1.08. The molecule has 1 aliphatic carbocycles. The Morgan fingerprint density at radius 1 is 1.32 bits per heavy atom. The van der Waals surface area contributed by atoms with Gasteiger partial charge in [-0.1, -0.05) is 12.1 Å². The molecule has 0 aromatic heterocycles. The van der Waals surface area contributed by atoms with Crippen molar-refractivity contribution in [2.24, 2.45) is 5.73 Å². The maximum atomic E-state index is 6.08. The van der Waals surface area contributed by atoms with Crippen molar-refractivity contribution in [2.75, 3.05) is 27.7 Å². The molecule has 0 heterocycles. The fourth-order valence-electron chi connectivity index (χ4n) is 3.29. The van der Waals surface area contributed by atoms with Gasteiger partial charge in [0, 0.05) is 18.0 Å². The molecule has 0 bridgehead atoms. The second-order valence-electron chi connectivity index (χ2n) is 6.09. The van der Waals surface area contributed by atoms with Gasteiger partial charge in [-0.2, -0.15) is 0 Å². The quantitative estimate of drug-likeness (QED) is 0.905. The average Bonchev–Trinajstić information content (AvgIpc) is 2.41. The van der Waals surface area contributed by atoms with Gasteiger partial charge in [0.15, 0.2) is 0 Å². The Kier molecular flexibility index (Phi) is 4.48. The van der Waals surface area contributed by atoms with E-state index < -0.39 is 0 Å². The average molecular weight is 262 g/mol. The topological polar surface area (TPSA) is 38.5 Å². The van der Waals surface area contributed by atoms with Crippen LogP contribution in [0.1, 0.15) is 31.2 Å². The normalized spacial score (nSPS) is 27.5. The highest BCUT2D eigenvalue weighted by atomic mass is 16.5. The van der Waals surface area contributed by atoms with E-state index in [0.717, 1.165) is 25.1 Å². The monoisotopic (exact) mass is 262 g/mol. The Bertz CT molecular complexity index is 409. The molecule has 106 valence electrons. The molecule has 0 amide bonds. The van der Waals surface area contributed by atoms with Crippen LogP contribution in [0.3, 0.4) is 0 Å². The first-order valence-corrected chi connectivity index (χ1v) is 7.10. The SMILES string of the molecule is COc1cccc(C2(CN(C)C)CCC(N)CC2)c1. The van der Waals surface area contributed by atoms with Crippen LogP contribution in [0.25, 0.3) is 0 Å². The molecule has 3 nitrogen and oxygen atoms in total. The molecule has 1 fully saturated rings. The molecular weight excluding hydrogens is 236 g/mol. The van der Waals surface area contributed by atoms with E-state index in [0.29, 0.717) is 6.04 Å². The van der Waals surface area contributed by atoms with Crippen LogP contribution in [-0.2, 0) is 5.41 Å². The molecular formula is C16H26N2O. The highest BCUT2D eigenvalue weighted by molar-refractivity contribution is 5.35. The molecule has 1 aromatic rings. The number of benzene rings is 1. The van der Waals surface area contributed by atoms with E-state index in [1.807, 2.05) is 6.07 Å². The first kappa shape index (κ1) is 14.4. The van der Waals surface area contributed by atoms with Gasteiger partial charge in [0.25, 0.3) is 0 Å². The van der Waals surface area contributed by atoms with Crippen LogP contribution < -0.4 is 10.5 Å². The maximum Gasteiger partial charge on any atom is 0.119 e. The third kappa shape index (κ3) is 3.28. The fourth-order valence-corrected chi connectivity index (χ4v) is 3.29. The summed E-state index contributed by atoms with van der Waals surface area (Å²) in [6, 6.07) is 8.92. The van der Waals surface area contributed by atoms with Crippen molar-refractivity contribution in [3.8, 4) is 5.75 Å². The molecule has 1 aromatic carbocycles. The molecule has 19 heavy (non-hydrogen) atoms. The van der Waals surface area contributed by atoms with E-state index in [4.69, 9.17) is 10.5 Å². The largest absolute Gasteiger partial charge is 0.497 e. The lowest BCUT2D eigenvalue weighted by Crippen LogP contribution is -2.43. The van der Waals surface area contributed by atoms with Gasteiger partial charge in [-0.3, -0.25) is 0 Å². The molecule has 3 heteroatoms. The van der Waals surface area contributed by atoms with Gasteiger partial charge in [0.05, 0.1) is 7.11 Å². The highest BCUT2D eigenvalue weighted by Gasteiger charge is 2.36. The summed E-state index contributed by atoms with van der Waals surface area (Å²) < 4.78 is 5.38. The molecule has 0 unspecified atom stereocenters. The molecule has 0 radical (unpaired) electrons. The summed E-state index contributed by atoms with van der Waals surface area (Å²) in [5, 5.41) is 0. The number of hydrogen-bond donors (Lipinski definition) is 1. The summed E-state index contributed by atoms with van der Waals surface area (Å²) in [7, 11) is 6.03. The van der Waals surface area contributed by atoms with Crippen molar-refractivity contribution in [3.05, 3.63) is 29.8 Å².